The van der Waals surface area contributed by atoms with Gasteiger partial charge >= 0.3 is 0 Å². The van der Waals surface area contributed by atoms with Gasteiger partial charge in [-0.15, -0.1) is 37.2 Å². The van der Waals surface area contributed by atoms with Crippen molar-refractivity contribution in [3.63, 3.8) is 0 Å². The molecule has 0 aromatic carbocycles. The molecule has 0 aromatic rings. The molecule has 0 unspecified atom stereocenters. The first-order chi connectivity index (χ1) is 9.12. The number of hydrogen-bond donors (Lipinski definition) is 4. The Morgan fingerprint density at radius 1 is 1.12 bits per heavy atom. The van der Waals surface area contributed by atoms with Gasteiger partial charge in [0.05, 0.1) is 2.74 Å². The van der Waals surface area contributed by atoms with Gasteiger partial charge in [0.1, 0.15) is 0 Å². The molecule has 16 heavy (non-hydrogen) atoms. The molecule has 0 bridgehead atoms. The summed E-state index contributed by atoms with van der Waals surface area (Å²) in [6, 6.07) is 0. The second-order valence-electron chi connectivity index (χ2n) is 2.05. The van der Waals surface area contributed by atoms with Crippen molar-refractivity contribution in [2.45, 2.75) is 6.92 Å². The number of rotatable bonds is 8. The molecule has 0 aliphatic rings. The Hall–Kier alpha value is 0.220. The zero-order chi connectivity index (χ0) is 17.1. The van der Waals surface area contributed by atoms with Gasteiger partial charge in [0.25, 0.3) is 0 Å². The third kappa shape index (κ3) is 23.8. The highest BCUT2D eigenvalue weighted by molar-refractivity contribution is 5.86. The number of carbonyl (C=O) groups excluding carboxylic acids is 1. The quantitative estimate of drug-likeness (QED) is 0.457. The topological polar surface area (TPSA) is 79.2 Å². The summed E-state index contributed by atoms with van der Waals surface area (Å²) in [6.07, 6.45) is 0. The van der Waals surface area contributed by atoms with Crippen LogP contribution in [0.1, 0.15) is 17.9 Å². The van der Waals surface area contributed by atoms with Crippen LogP contribution in [0.3, 0.4) is 0 Å². The van der Waals surface area contributed by atoms with Crippen LogP contribution in [-0.2, 0) is 4.79 Å². The molecular formula is C8H23Cl3N4O. The van der Waals surface area contributed by atoms with E-state index in [2.05, 4.69) is 10.6 Å². The average molecular weight is 306 g/mol. The maximum Gasteiger partial charge on any atom is 0.216 e. The number of carbonyl (C=O) groups is 1. The van der Waals surface area contributed by atoms with Gasteiger partial charge in [-0.1, -0.05) is 0 Å². The van der Waals surface area contributed by atoms with Crippen molar-refractivity contribution in [3.8, 4) is 0 Å². The first-order valence-electron chi connectivity index (χ1n) is 7.70. The fourth-order valence-corrected chi connectivity index (χ4v) is 0.464. The van der Waals surface area contributed by atoms with Gasteiger partial charge in [0.2, 0.25) is 5.91 Å². The Labute approximate surface area is 127 Å². The molecule has 0 aliphatic heterocycles. The molecule has 5 N–H and O–H groups in total. The van der Waals surface area contributed by atoms with Crippen LogP contribution in [0.15, 0.2) is 0 Å². The van der Waals surface area contributed by atoms with Crippen molar-refractivity contribution in [1.82, 2.24) is 16.0 Å². The minimum atomic E-state index is -2.67. The van der Waals surface area contributed by atoms with Crippen LogP contribution in [0.5, 0.6) is 0 Å². The lowest BCUT2D eigenvalue weighted by Crippen LogP contribution is -2.35. The third-order valence-corrected chi connectivity index (χ3v) is 0.925. The Kier molecular flexibility index (Phi) is 11.8. The Bertz CT molecular complexity index is 383. The van der Waals surface area contributed by atoms with Crippen LogP contribution in [0.25, 0.3) is 0 Å². The summed E-state index contributed by atoms with van der Waals surface area (Å²) in [5.41, 5.74) is 5.00. The van der Waals surface area contributed by atoms with E-state index in [0.717, 1.165) is 6.92 Å². The Balaban J connectivity index is -0.000000667. The number of amides is 1. The van der Waals surface area contributed by atoms with E-state index in [1.165, 1.54) is 0 Å². The van der Waals surface area contributed by atoms with E-state index in [4.69, 9.17) is 16.7 Å². The molecule has 0 heterocycles. The lowest BCUT2D eigenvalue weighted by molar-refractivity contribution is -0.118. The van der Waals surface area contributed by atoms with Gasteiger partial charge in [-0.2, -0.15) is 0 Å². The highest BCUT2D eigenvalue weighted by atomic mass is 35.5. The smallest absolute Gasteiger partial charge is 0.216 e. The lowest BCUT2D eigenvalue weighted by Gasteiger charge is -2.05. The fourth-order valence-electron chi connectivity index (χ4n) is 0.464. The molecule has 8 heteroatoms. The fraction of sp³-hybridized carbons (Fsp3) is 0.875. The van der Waals surface area contributed by atoms with Gasteiger partial charge < -0.3 is 21.7 Å². The van der Waals surface area contributed by atoms with Crippen LogP contribution >= 0.6 is 37.2 Å². The summed E-state index contributed by atoms with van der Waals surface area (Å²) in [5, 5.41) is 6.16. The van der Waals surface area contributed by atoms with Crippen LogP contribution in [0.2, 0.25) is 0 Å². The first-order valence-corrected chi connectivity index (χ1v) is 3.70. The number of halogens is 3. The van der Waals surface area contributed by atoms with Gasteiger partial charge in [0, 0.05) is 54.2 Å². The van der Waals surface area contributed by atoms with Crippen LogP contribution in [0.4, 0.5) is 0 Å². The normalized spacial score (nSPS) is 19.1. The van der Waals surface area contributed by atoms with E-state index < -0.39 is 31.9 Å². The Morgan fingerprint density at radius 3 is 2.06 bits per heavy atom. The van der Waals surface area contributed by atoms with Crippen molar-refractivity contribution < 1.29 is 15.8 Å². The highest BCUT2D eigenvalue weighted by Crippen LogP contribution is 1.62. The largest absolute Gasteiger partial charge is 0.355 e. The molecule has 0 aromatic heterocycles. The molecular weight excluding hydrogens is 274 g/mol. The van der Waals surface area contributed by atoms with E-state index in [1.54, 1.807) is 0 Å². The summed E-state index contributed by atoms with van der Waals surface area (Å²) < 4.78 is 58.7. The molecule has 0 atom stereocenters. The molecule has 0 radical (unpaired) electrons. The maximum absolute atomic E-state index is 10.8. The molecule has 0 saturated carbocycles. The van der Waals surface area contributed by atoms with E-state index in [0.29, 0.717) is 0 Å². The second-order valence-corrected chi connectivity index (χ2v) is 2.05. The molecule has 0 aliphatic carbocycles. The molecule has 5 nitrogen and oxygen atoms in total. The minimum absolute atomic E-state index is 0. The van der Waals surface area contributed by atoms with Gasteiger partial charge in [-0.05, 0) is 0 Å². The van der Waals surface area contributed by atoms with Crippen LogP contribution in [0, 0.1) is 0 Å². The highest BCUT2D eigenvalue weighted by Gasteiger charge is 1.89. The van der Waals surface area contributed by atoms with E-state index in [1.807, 2.05) is 5.32 Å². The third-order valence-electron chi connectivity index (χ3n) is 0.925. The predicted molar refractivity (Wildman–Crippen MR) is 75.2 cm³/mol. The molecule has 0 saturated heterocycles. The monoisotopic (exact) mass is 304 g/mol. The van der Waals surface area contributed by atoms with E-state index in [9.17, 15) is 4.79 Å². The molecule has 102 valence electrons. The van der Waals surface area contributed by atoms with Crippen molar-refractivity contribution in [3.05, 3.63) is 0 Å². The molecule has 0 fully saturated rings. The number of nitrogens with one attached hydrogen (secondary N) is 3. The van der Waals surface area contributed by atoms with Gasteiger partial charge in [0.15, 0.2) is 0 Å². The zero-order valence-corrected chi connectivity index (χ0v) is 11.1. The zero-order valence-electron chi connectivity index (χ0n) is 16.6. The number of hydrogen-bond acceptors (Lipinski definition) is 4. The average Bonchev–Trinajstić information content (AvgIpc) is 2.20. The summed E-state index contributed by atoms with van der Waals surface area (Å²) >= 11 is 0. The Morgan fingerprint density at radius 2 is 1.62 bits per heavy atom. The molecule has 0 spiro atoms. The second kappa shape index (κ2) is 20.6. The summed E-state index contributed by atoms with van der Waals surface area (Å²) in [7, 11) is 0. The van der Waals surface area contributed by atoms with Crippen molar-refractivity contribution in [2.24, 2.45) is 5.73 Å². The minimum Gasteiger partial charge on any atom is -0.355 e. The van der Waals surface area contributed by atoms with Gasteiger partial charge in [-0.3, -0.25) is 4.79 Å². The van der Waals surface area contributed by atoms with Crippen LogP contribution < -0.4 is 21.7 Å². The predicted octanol–water partition coefficient (Wildman–Crippen LogP) is -0.474. The number of nitrogens with two attached hydrogens (primary N) is 1. The summed E-state index contributed by atoms with van der Waals surface area (Å²) in [4.78, 5) is 10.8. The van der Waals surface area contributed by atoms with E-state index >= 15 is 0 Å². The van der Waals surface area contributed by atoms with Crippen LogP contribution in [-0.4, -0.2) is 45.0 Å². The van der Waals surface area contributed by atoms with Crippen molar-refractivity contribution in [1.29, 1.82) is 0 Å². The molecule has 1 amide bonds. The van der Waals surface area contributed by atoms with Crippen molar-refractivity contribution in [2.75, 3.05) is 39.1 Å². The lowest BCUT2D eigenvalue weighted by atomic mass is 10.5. The molecule has 0 rings (SSSR count). The first kappa shape index (κ1) is 9.19. The van der Waals surface area contributed by atoms with E-state index in [-0.39, 0.29) is 50.3 Å². The SMILES string of the molecule is Cl.Cl.Cl.[2H]C([2H])(N)C([2H])([2H])NCCNC([2H])([2H])C([2H])([2H])NC(C)=O. The summed E-state index contributed by atoms with van der Waals surface area (Å²) in [5.74, 6) is -0.739. The van der Waals surface area contributed by atoms with Gasteiger partial charge in [-0.25, -0.2) is 0 Å². The standard InChI is InChI=1S/C8H20N4O.3ClH/c1-8(13)12-7-6-11-5-4-10-3-2-9;;;/h10-11H,2-7,9H2,1H3,(H,12,13);3*1H/i2D2,3D2,6D2,7D2;;;. The summed E-state index contributed by atoms with van der Waals surface area (Å²) in [6.45, 7) is -9.81. The van der Waals surface area contributed by atoms with Crippen molar-refractivity contribution >= 4 is 43.1 Å². The maximum atomic E-state index is 10.8.